The van der Waals surface area contributed by atoms with E-state index in [0.29, 0.717) is 30.0 Å². The highest BCUT2D eigenvalue weighted by Crippen LogP contribution is 2.30. The Kier molecular flexibility index (Phi) is 7.27. The van der Waals surface area contributed by atoms with Crippen LogP contribution in [0.2, 0.25) is 0 Å². The minimum atomic E-state index is -1.05. The third-order valence-corrected chi connectivity index (χ3v) is 5.32. The maximum Gasteiger partial charge on any atom is 0.416 e. The molecule has 1 atom stereocenters. The molecule has 0 heterocycles. The van der Waals surface area contributed by atoms with Gasteiger partial charge in [-0.1, -0.05) is 55.5 Å². The molecule has 0 saturated heterocycles. The first-order valence-electron chi connectivity index (χ1n) is 10.2. The van der Waals surface area contributed by atoms with Crippen molar-refractivity contribution in [2.45, 2.75) is 25.7 Å². The number of carboxylic acid groups (broad SMARTS) is 2. The van der Waals surface area contributed by atoms with E-state index in [4.69, 9.17) is 0 Å². The van der Waals surface area contributed by atoms with Crippen molar-refractivity contribution in [1.82, 2.24) is 0 Å². The molecule has 3 rings (SSSR count). The average molecular weight is 418 g/mol. The van der Waals surface area contributed by atoms with Gasteiger partial charge in [-0.15, -0.1) is 0 Å². The number of anilines is 3. The summed E-state index contributed by atoms with van der Waals surface area (Å²) in [4.78, 5) is 26.1. The first kappa shape index (κ1) is 21.9. The van der Waals surface area contributed by atoms with E-state index < -0.39 is 12.2 Å². The van der Waals surface area contributed by atoms with Crippen molar-refractivity contribution in [1.29, 1.82) is 0 Å². The summed E-state index contributed by atoms with van der Waals surface area (Å²) in [5.74, 6) is 0.162. The van der Waals surface area contributed by atoms with Crippen LogP contribution in [0.15, 0.2) is 84.9 Å². The third-order valence-electron chi connectivity index (χ3n) is 5.32. The van der Waals surface area contributed by atoms with Gasteiger partial charge < -0.3 is 10.2 Å². The predicted octanol–water partition coefficient (Wildman–Crippen LogP) is 6.57. The van der Waals surface area contributed by atoms with E-state index in [1.54, 1.807) is 48.5 Å². The second-order valence-electron chi connectivity index (χ2n) is 7.21. The van der Waals surface area contributed by atoms with E-state index in [-0.39, 0.29) is 5.92 Å². The Morgan fingerprint density at radius 3 is 1.74 bits per heavy atom. The van der Waals surface area contributed by atoms with Crippen molar-refractivity contribution in [3.63, 3.8) is 0 Å². The number of carbonyl (C=O) groups is 2. The second kappa shape index (κ2) is 10.3. The average Bonchev–Trinajstić information content (AvgIpc) is 2.78. The minimum Gasteiger partial charge on any atom is -0.465 e. The van der Waals surface area contributed by atoms with Crippen LogP contribution in [0.1, 0.15) is 31.2 Å². The molecule has 160 valence electrons. The fourth-order valence-corrected chi connectivity index (χ4v) is 3.68. The van der Waals surface area contributed by atoms with Crippen LogP contribution >= 0.6 is 0 Å². The van der Waals surface area contributed by atoms with Gasteiger partial charge >= 0.3 is 12.2 Å². The molecule has 0 saturated carbocycles. The molecule has 2 amide bonds. The molecule has 0 aliphatic rings. The van der Waals surface area contributed by atoms with Crippen molar-refractivity contribution >= 4 is 29.2 Å². The van der Waals surface area contributed by atoms with E-state index in [0.717, 1.165) is 12.0 Å². The molecule has 0 aromatic heterocycles. The van der Waals surface area contributed by atoms with Gasteiger partial charge in [0.1, 0.15) is 0 Å². The summed E-state index contributed by atoms with van der Waals surface area (Å²) in [6, 6.07) is 25.5. The largest absolute Gasteiger partial charge is 0.465 e. The normalized spacial score (nSPS) is 11.5. The van der Waals surface area contributed by atoms with Gasteiger partial charge in [-0.3, -0.25) is 4.90 Å². The molecule has 0 spiro atoms. The maximum absolute atomic E-state index is 11.8. The number of para-hydroxylation sites is 2. The number of nitrogens with zero attached hydrogens (tertiary/aromatic N) is 2. The van der Waals surface area contributed by atoms with Crippen molar-refractivity contribution in [3.05, 3.63) is 90.5 Å². The van der Waals surface area contributed by atoms with Crippen LogP contribution in [0, 0.1) is 0 Å². The van der Waals surface area contributed by atoms with Crippen LogP contribution < -0.4 is 9.80 Å². The van der Waals surface area contributed by atoms with Crippen LogP contribution in [0.25, 0.3) is 0 Å². The SMILES string of the molecule is CCC(CCN(C(=O)O)c1ccccc1)c1ccc(N(C(=O)O)c2ccccc2)cc1. The van der Waals surface area contributed by atoms with Gasteiger partial charge in [0, 0.05) is 12.2 Å². The summed E-state index contributed by atoms with van der Waals surface area (Å²) in [6.45, 7) is 2.45. The summed E-state index contributed by atoms with van der Waals surface area (Å²) in [7, 11) is 0. The van der Waals surface area contributed by atoms with Crippen LogP contribution in [0.4, 0.5) is 26.7 Å². The summed E-state index contributed by atoms with van der Waals surface area (Å²) in [6.07, 6.45) is -0.510. The molecule has 3 aromatic carbocycles. The lowest BCUT2D eigenvalue weighted by Crippen LogP contribution is -2.31. The molecular formula is C25H26N2O4. The highest BCUT2D eigenvalue weighted by Gasteiger charge is 2.19. The molecule has 6 nitrogen and oxygen atoms in total. The van der Waals surface area contributed by atoms with Gasteiger partial charge in [-0.25, -0.2) is 14.5 Å². The topological polar surface area (TPSA) is 81.1 Å². The van der Waals surface area contributed by atoms with E-state index in [1.165, 1.54) is 9.80 Å². The molecule has 6 heteroatoms. The molecule has 0 aliphatic carbocycles. The summed E-state index contributed by atoms with van der Waals surface area (Å²) < 4.78 is 0. The molecule has 0 aliphatic heterocycles. The van der Waals surface area contributed by atoms with Crippen molar-refractivity contribution in [2.75, 3.05) is 16.3 Å². The quantitative estimate of drug-likeness (QED) is 0.433. The van der Waals surface area contributed by atoms with Crippen LogP contribution in [0.5, 0.6) is 0 Å². The predicted molar refractivity (Wildman–Crippen MR) is 123 cm³/mol. The Bertz CT molecular complexity index is 991. The summed E-state index contributed by atoms with van der Waals surface area (Å²) in [5.41, 5.74) is 2.85. The molecule has 0 bridgehead atoms. The molecule has 31 heavy (non-hydrogen) atoms. The molecule has 3 aromatic rings. The lowest BCUT2D eigenvalue weighted by molar-refractivity contribution is 0.201. The zero-order chi connectivity index (χ0) is 22.2. The molecular weight excluding hydrogens is 392 g/mol. The third kappa shape index (κ3) is 5.42. The van der Waals surface area contributed by atoms with Gasteiger partial charge in [0.05, 0.1) is 11.4 Å². The Hall–Kier alpha value is -3.80. The van der Waals surface area contributed by atoms with Crippen LogP contribution in [-0.4, -0.2) is 28.9 Å². The number of rotatable bonds is 8. The van der Waals surface area contributed by atoms with E-state index in [9.17, 15) is 19.8 Å². The molecule has 0 fully saturated rings. The number of amides is 2. The van der Waals surface area contributed by atoms with E-state index in [2.05, 4.69) is 6.92 Å². The second-order valence-corrected chi connectivity index (χ2v) is 7.21. The van der Waals surface area contributed by atoms with Crippen LogP contribution in [0.3, 0.4) is 0 Å². The molecule has 2 N–H and O–H groups in total. The number of hydrogen-bond donors (Lipinski definition) is 2. The van der Waals surface area contributed by atoms with Gasteiger partial charge in [-0.2, -0.15) is 0 Å². The Balaban J connectivity index is 1.75. The van der Waals surface area contributed by atoms with E-state index >= 15 is 0 Å². The Morgan fingerprint density at radius 2 is 1.26 bits per heavy atom. The van der Waals surface area contributed by atoms with Gasteiger partial charge in [0.25, 0.3) is 0 Å². The van der Waals surface area contributed by atoms with Crippen molar-refractivity contribution in [2.24, 2.45) is 0 Å². The zero-order valence-corrected chi connectivity index (χ0v) is 17.4. The fraction of sp³-hybridized carbons (Fsp3) is 0.200. The number of benzene rings is 3. The first-order valence-corrected chi connectivity index (χ1v) is 10.2. The Morgan fingerprint density at radius 1 is 0.742 bits per heavy atom. The minimum absolute atomic E-state index is 0.162. The van der Waals surface area contributed by atoms with Gasteiger partial charge in [-0.05, 0) is 60.7 Å². The van der Waals surface area contributed by atoms with E-state index in [1.807, 2.05) is 36.4 Å². The maximum atomic E-state index is 11.8. The van der Waals surface area contributed by atoms with Crippen molar-refractivity contribution in [3.8, 4) is 0 Å². The van der Waals surface area contributed by atoms with Crippen molar-refractivity contribution < 1.29 is 19.8 Å². The lowest BCUT2D eigenvalue weighted by Gasteiger charge is -2.24. The Labute approximate surface area is 182 Å². The smallest absolute Gasteiger partial charge is 0.416 e. The number of hydrogen-bond acceptors (Lipinski definition) is 2. The highest BCUT2D eigenvalue weighted by molar-refractivity contribution is 5.94. The van der Waals surface area contributed by atoms with Gasteiger partial charge in [0.15, 0.2) is 0 Å². The van der Waals surface area contributed by atoms with Crippen LogP contribution in [-0.2, 0) is 0 Å². The van der Waals surface area contributed by atoms with Gasteiger partial charge in [0.2, 0.25) is 0 Å². The molecule has 0 radical (unpaired) electrons. The zero-order valence-electron chi connectivity index (χ0n) is 17.4. The summed E-state index contributed by atoms with van der Waals surface area (Å²) in [5, 5.41) is 19.3. The lowest BCUT2D eigenvalue weighted by atomic mass is 9.92. The first-order chi connectivity index (χ1) is 15.0. The fourth-order valence-electron chi connectivity index (χ4n) is 3.68. The summed E-state index contributed by atoms with van der Waals surface area (Å²) >= 11 is 0. The standard InChI is InChI=1S/C25H26N2O4/c1-2-19(17-18-26(24(28)29)21-9-5-3-6-10-21)20-13-15-23(16-14-20)27(25(30)31)22-11-7-4-8-12-22/h3-16,19H,2,17-18H2,1H3,(H,28,29)(H,30,31). The molecule has 1 unspecified atom stereocenters. The highest BCUT2D eigenvalue weighted by atomic mass is 16.4. The monoisotopic (exact) mass is 418 g/mol.